The Hall–Kier alpha value is -1.28. The van der Waals surface area contributed by atoms with E-state index in [0.717, 1.165) is 0 Å². The lowest BCUT2D eigenvalue weighted by Crippen LogP contribution is -2.19. The van der Waals surface area contributed by atoms with Gasteiger partial charge in [0.05, 0.1) is 18.1 Å². The molecule has 0 saturated heterocycles. The Kier molecular flexibility index (Phi) is 3.72. The van der Waals surface area contributed by atoms with Crippen LogP contribution in [0.3, 0.4) is 0 Å². The highest BCUT2D eigenvalue weighted by Gasteiger charge is 2.10. The first-order valence-electron chi connectivity index (χ1n) is 3.89. The van der Waals surface area contributed by atoms with E-state index < -0.39 is 10.0 Å². The monoisotopic (exact) mass is 218 g/mol. The molecule has 0 atom stereocenters. The standard InChI is InChI=1S/C6H10N4O3S/c11-4-1-5-14(12,13)10-6-7-2-3-8-9-6/h2-3,11H,1,4-5H2,(H,7,9,10). The fraction of sp³-hybridized carbons (Fsp3) is 0.500. The molecule has 0 spiro atoms. The van der Waals surface area contributed by atoms with Gasteiger partial charge >= 0.3 is 0 Å². The van der Waals surface area contributed by atoms with Crippen LogP contribution in [0.2, 0.25) is 0 Å². The van der Waals surface area contributed by atoms with Gasteiger partial charge < -0.3 is 5.11 Å². The third kappa shape index (κ3) is 3.62. The van der Waals surface area contributed by atoms with Crippen molar-refractivity contribution < 1.29 is 13.5 Å². The number of sulfonamides is 1. The molecule has 0 fully saturated rings. The molecule has 0 unspecified atom stereocenters. The van der Waals surface area contributed by atoms with Gasteiger partial charge in [-0.2, -0.15) is 5.10 Å². The number of nitrogens with zero attached hydrogens (tertiary/aromatic N) is 3. The molecule has 7 nitrogen and oxygen atoms in total. The fourth-order valence-electron chi connectivity index (χ4n) is 0.739. The molecule has 1 aromatic heterocycles. The number of aromatic nitrogens is 3. The lowest BCUT2D eigenvalue weighted by molar-refractivity contribution is 0.295. The second-order valence-electron chi connectivity index (χ2n) is 2.46. The van der Waals surface area contributed by atoms with Crippen LogP contribution in [0.1, 0.15) is 6.42 Å². The van der Waals surface area contributed by atoms with Gasteiger partial charge in [-0.15, -0.1) is 5.10 Å². The second kappa shape index (κ2) is 4.82. The van der Waals surface area contributed by atoms with E-state index in [1.165, 1.54) is 12.4 Å². The topological polar surface area (TPSA) is 105 Å². The van der Waals surface area contributed by atoms with Crippen LogP contribution >= 0.6 is 0 Å². The van der Waals surface area contributed by atoms with Gasteiger partial charge in [0, 0.05) is 6.61 Å². The summed E-state index contributed by atoms with van der Waals surface area (Å²) < 4.78 is 24.6. The van der Waals surface area contributed by atoms with Crippen molar-refractivity contribution in [3.8, 4) is 0 Å². The number of aliphatic hydroxyl groups is 1. The Morgan fingerprint density at radius 1 is 1.43 bits per heavy atom. The maximum atomic E-state index is 11.2. The Labute approximate surface area is 81.3 Å². The molecule has 0 saturated carbocycles. The Balaban J connectivity index is 2.60. The molecule has 0 amide bonds. The van der Waals surface area contributed by atoms with Crippen molar-refractivity contribution in [1.29, 1.82) is 0 Å². The molecule has 0 aliphatic heterocycles. The molecule has 0 aliphatic carbocycles. The van der Waals surface area contributed by atoms with E-state index in [-0.39, 0.29) is 24.7 Å². The minimum Gasteiger partial charge on any atom is -0.396 e. The van der Waals surface area contributed by atoms with Crippen molar-refractivity contribution in [2.45, 2.75) is 6.42 Å². The van der Waals surface area contributed by atoms with Crippen LogP contribution in [0.15, 0.2) is 12.4 Å². The van der Waals surface area contributed by atoms with E-state index in [1.54, 1.807) is 0 Å². The van der Waals surface area contributed by atoms with Gasteiger partial charge in [-0.05, 0) is 6.42 Å². The molecule has 0 aliphatic rings. The molecule has 2 N–H and O–H groups in total. The summed E-state index contributed by atoms with van der Waals surface area (Å²) in [6, 6.07) is 0. The molecular formula is C6H10N4O3S. The summed E-state index contributed by atoms with van der Waals surface area (Å²) in [6.45, 7) is -0.172. The van der Waals surface area contributed by atoms with Crippen LogP contribution in [0.4, 0.5) is 5.95 Å². The third-order valence-corrected chi connectivity index (χ3v) is 2.62. The molecule has 1 rings (SSSR count). The van der Waals surface area contributed by atoms with E-state index in [1.807, 2.05) is 0 Å². The first-order valence-corrected chi connectivity index (χ1v) is 5.54. The van der Waals surface area contributed by atoms with Crippen LogP contribution in [-0.4, -0.2) is 41.1 Å². The predicted octanol–water partition coefficient (Wildman–Crippen LogP) is -1.00. The van der Waals surface area contributed by atoms with Gasteiger partial charge in [-0.25, -0.2) is 18.1 Å². The zero-order valence-electron chi connectivity index (χ0n) is 7.29. The number of nitrogens with one attached hydrogen (secondary N) is 1. The lowest BCUT2D eigenvalue weighted by Gasteiger charge is -2.03. The summed E-state index contributed by atoms with van der Waals surface area (Å²) in [4.78, 5) is 3.65. The second-order valence-corrected chi connectivity index (χ2v) is 4.31. The fourth-order valence-corrected chi connectivity index (χ4v) is 1.72. The Morgan fingerprint density at radius 3 is 2.79 bits per heavy atom. The van der Waals surface area contributed by atoms with Crippen molar-refractivity contribution in [2.24, 2.45) is 0 Å². The van der Waals surface area contributed by atoms with Gasteiger partial charge in [0.15, 0.2) is 0 Å². The highest BCUT2D eigenvalue weighted by molar-refractivity contribution is 7.92. The van der Waals surface area contributed by atoms with Gasteiger partial charge in [0.25, 0.3) is 5.95 Å². The number of hydrogen-bond acceptors (Lipinski definition) is 6. The van der Waals surface area contributed by atoms with E-state index in [4.69, 9.17) is 5.11 Å². The predicted molar refractivity (Wildman–Crippen MR) is 48.9 cm³/mol. The summed E-state index contributed by atoms with van der Waals surface area (Å²) >= 11 is 0. The SMILES string of the molecule is O=S(=O)(CCCO)Nc1nccnn1. The maximum Gasteiger partial charge on any atom is 0.256 e. The highest BCUT2D eigenvalue weighted by Crippen LogP contribution is 1.99. The van der Waals surface area contributed by atoms with Gasteiger partial charge in [0.1, 0.15) is 0 Å². The molecule has 0 bridgehead atoms. The Bertz CT molecular complexity index is 366. The molecule has 14 heavy (non-hydrogen) atoms. The molecule has 78 valence electrons. The number of hydrogen-bond donors (Lipinski definition) is 2. The first-order chi connectivity index (χ1) is 6.64. The van der Waals surface area contributed by atoms with Crippen molar-refractivity contribution in [3.63, 3.8) is 0 Å². The lowest BCUT2D eigenvalue weighted by atomic mass is 10.5. The number of anilines is 1. The van der Waals surface area contributed by atoms with Gasteiger partial charge in [-0.3, -0.25) is 0 Å². The summed E-state index contributed by atoms with van der Waals surface area (Å²) in [5, 5.41) is 15.4. The summed E-state index contributed by atoms with van der Waals surface area (Å²) in [5.74, 6) is -0.229. The normalized spacial score (nSPS) is 11.2. The van der Waals surface area contributed by atoms with E-state index >= 15 is 0 Å². The molecule has 1 heterocycles. The van der Waals surface area contributed by atoms with Crippen molar-refractivity contribution in [2.75, 3.05) is 17.1 Å². The zero-order chi connectivity index (χ0) is 10.4. The van der Waals surface area contributed by atoms with Crippen molar-refractivity contribution in [3.05, 3.63) is 12.4 Å². The van der Waals surface area contributed by atoms with Crippen molar-refractivity contribution in [1.82, 2.24) is 15.2 Å². The highest BCUT2D eigenvalue weighted by atomic mass is 32.2. The number of rotatable bonds is 5. The average Bonchev–Trinajstić information content (AvgIpc) is 2.16. The van der Waals surface area contributed by atoms with Crippen LogP contribution in [-0.2, 0) is 10.0 Å². The average molecular weight is 218 g/mol. The molecular weight excluding hydrogens is 208 g/mol. The van der Waals surface area contributed by atoms with Crippen molar-refractivity contribution >= 4 is 16.0 Å². The molecule has 1 aromatic rings. The van der Waals surface area contributed by atoms with E-state index in [9.17, 15) is 8.42 Å². The largest absolute Gasteiger partial charge is 0.396 e. The minimum absolute atomic E-state index is 0.0644. The van der Waals surface area contributed by atoms with Crippen LogP contribution in [0, 0.1) is 0 Å². The van der Waals surface area contributed by atoms with Crippen LogP contribution in [0.5, 0.6) is 0 Å². The summed E-state index contributed by atoms with van der Waals surface area (Å²) in [5.41, 5.74) is 0. The zero-order valence-corrected chi connectivity index (χ0v) is 8.11. The Morgan fingerprint density at radius 2 is 2.21 bits per heavy atom. The molecule has 8 heteroatoms. The summed E-state index contributed by atoms with van der Waals surface area (Å²) in [6.07, 6.45) is 2.85. The first kappa shape index (κ1) is 10.8. The van der Waals surface area contributed by atoms with Crippen LogP contribution in [0.25, 0.3) is 0 Å². The smallest absolute Gasteiger partial charge is 0.256 e. The summed E-state index contributed by atoms with van der Waals surface area (Å²) in [7, 11) is -3.47. The minimum atomic E-state index is -3.47. The third-order valence-electron chi connectivity index (χ3n) is 1.30. The number of aliphatic hydroxyl groups excluding tert-OH is 1. The maximum absolute atomic E-state index is 11.2. The molecule has 0 aromatic carbocycles. The van der Waals surface area contributed by atoms with E-state index in [2.05, 4.69) is 19.9 Å². The quantitative estimate of drug-likeness (QED) is 0.656. The van der Waals surface area contributed by atoms with Gasteiger partial charge in [-0.1, -0.05) is 0 Å². The van der Waals surface area contributed by atoms with E-state index in [0.29, 0.717) is 0 Å². The van der Waals surface area contributed by atoms with Gasteiger partial charge in [0.2, 0.25) is 10.0 Å². The molecule has 0 radical (unpaired) electrons. The van der Waals surface area contributed by atoms with Crippen LogP contribution < -0.4 is 4.72 Å².